The summed E-state index contributed by atoms with van der Waals surface area (Å²) in [4.78, 5) is 12.0. The summed E-state index contributed by atoms with van der Waals surface area (Å²) in [5.41, 5.74) is 0.651. The molecule has 0 unspecified atom stereocenters. The lowest BCUT2D eigenvalue weighted by Crippen LogP contribution is -2.16. The van der Waals surface area contributed by atoms with Crippen LogP contribution in [0.1, 0.15) is 19.7 Å². The molecule has 1 heterocycles. The third kappa shape index (κ3) is 4.78. The number of carbonyl (C=O) groups excluding carboxylic acids is 1. The molecule has 0 aliphatic heterocycles. The number of aryl methyl sites for hydroxylation is 1. The van der Waals surface area contributed by atoms with Crippen LogP contribution in [0, 0.1) is 6.92 Å². The quantitative estimate of drug-likeness (QED) is 0.827. The van der Waals surface area contributed by atoms with Gasteiger partial charge < -0.3 is 14.5 Å². The van der Waals surface area contributed by atoms with E-state index in [1.807, 2.05) is 32.0 Å². The fourth-order valence-corrected chi connectivity index (χ4v) is 2.18. The normalized spacial score (nSPS) is 10.7. The van der Waals surface area contributed by atoms with Crippen LogP contribution in [0.4, 0.5) is 5.69 Å². The van der Waals surface area contributed by atoms with Gasteiger partial charge in [0.25, 0.3) is 5.22 Å². The van der Waals surface area contributed by atoms with Crippen molar-refractivity contribution in [2.75, 3.05) is 11.1 Å². The Balaban J connectivity index is 1.93. The minimum atomic E-state index is -0.157. The van der Waals surface area contributed by atoms with Gasteiger partial charge in [-0.05, 0) is 26.0 Å². The maximum Gasteiger partial charge on any atom is 0.277 e. The van der Waals surface area contributed by atoms with Gasteiger partial charge in [0.2, 0.25) is 11.8 Å². The molecule has 1 N–H and O–H groups in total. The molecule has 21 heavy (non-hydrogen) atoms. The van der Waals surface area contributed by atoms with Crippen LogP contribution < -0.4 is 10.1 Å². The predicted molar refractivity (Wildman–Crippen MR) is 80.6 cm³/mol. The van der Waals surface area contributed by atoms with Crippen molar-refractivity contribution in [1.29, 1.82) is 0 Å². The zero-order valence-corrected chi connectivity index (χ0v) is 12.9. The highest BCUT2D eigenvalue weighted by Crippen LogP contribution is 2.25. The molecule has 0 saturated heterocycles. The number of anilines is 1. The van der Waals surface area contributed by atoms with E-state index in [0.29, 0.717) is 22.6 Å². The minimum absolute atomic E-state index is 0.0406. The number of nitrogens with one attached hydrogen (secondary N) is 1. The molecule has 2 rings (SSSR count). The Bertz CT molecular complexity index is 613. The third-order valence-electron chi connectivity index (χ3n) is 2.36. The summed E-state index contributed by atoms with van der Waals surface area (Å²) in [5.74, 6) is 1.17. The highest BCUT2D eigenvalue weighted by Gasteiger charge is 2.11. The number of amides is 1. The van der Waals surface area contributed by atoms with Crippen molar-refractivity contribution in [2.24, 2.45) is 0 Å². The lowest BCUT2D eigenvalue weighted by Gasteiger charge is -2.14. The van der Waals surface area contributed by atoms with Gasteiger partial charge >= 0.3 is 0 Å². The number of ether oxygens (including phenoxy) is 1. The van der Waals surface area contributed by atoms with E-state index in [1.54, 1.807) is 13.0 Å². The van der Waals surface area contributed by atoms with E-state index in [4.69, 9.17) is 9.15 Å². The molecule has 0 aliphatic rings. The molecule has 0 fully saturated rings. The Morgan fingerprint density at radius 3 is 2.81 bits per heavy atom. The van der Waals surface area contributed by atoms with E-state index in [2.05, 4.69) is 15.5 Å². The number of rotatable bonds is 6. The second kappa shape index (κ2) is 7.12. The van der Waals surface area contributed by atoms with Crippen LogP contribution in [0.3, 0.4) is 0 Å². The lowest BCUT2D eigenvalue weighted by molar-refractivity contribution is -0.113. The van der Waals surface area contributed by atoms with Crippen LogP contribution in [0.15, 0.2) is 33.9 Å². The van der Waals surface area contributed by atoms with Gasteiger partial charge in [0, 0.05) is 6.92 Å². The third-order valence-corrected chi connectivity index (χ3v) is 3.18. The van der Waals surface area contributed by atoms with E-state index >= 15 is 0 Å². The molecule has 6 nitrogen and oxygen atoms in total. The Morgan fingerprint density at radius 1 is 1.38 bits per heavy atom. The number of hydrogen-bond donors (Lipinski definition) is 1. The van der Waals surface area contributed by atoms with E-state index in [0.717, 1.165) is 0 Å². The van der Waals surface area contributed by atoms with Crippen molar-refractivity contribution in [3.63, 3.8) is 0 Å². The molecule has 7 heteroatoms. The van der Waals surface area contributed by atoms with Crippen LogP contribution in [0.5, 0.6) is 5.75 Å². The molecular formula is C14H17N3O3S. The van der Waals surface area contributed by atoms with Gasteiger partial charge in [-0.1, -0.05) is 23.9 Å². The van der Waals surface area contributed by atoms with Gasteiger partial charge in [0.05, 0.1) is 17.5 Å². The Hall–Kier alpha value is -2.02. The van der Waals surface area contributed by atoms with E-state index in [-0.39, 0.29) is 17.8 Å². The Labute approximate surface area is 127 Å². The highest BCUT2D eigenvalue weighted by molar-refractivity contribution is 7.99. The molecule has 0 radical (unpaired) electrons. The van der Waals surface area contributed by atoms with Gasteiger partial charge in [-0.15, -0.1) is 10.2 Å². The van der Waals surface area contributed by atoms with Gasteiger partial charge in [-0.25, -0.2) is 0 Å². The van der Waals surface area contributed by atoms with Gasteiger partial charge in [-0.3, -0.25) is 4.79 Å². The number of benzene rings is 1. The molecule has 0 atom stereocenters. The highest BCUT2D eigenvalue weighted by atomic mass is 32.2. The number of nitrogens with zero attached hydrogens (tertiary/aromatic N) is 2. The number of para-hydroxylation sites is 2. The van der Waals surface area contributed by atoms with Crippen molar-refractivity contribution in [2.45, 2.75) is 32.1 Å². The van der Waals surface area contributed by atoms with Gasteiger partial charge in [0.1, 0.15) is 5.75 Å². The second-order valence-electron chi connectivity index (χ2n) is 4.59. The number of hydrogen-bond acceptors (Lipinski definition) is 6. The zero-order valence-electron chi connectivity index (χ0n) is 12.1. The van der Waals surface area contributed by atoms with Crippen molar-refractivity contribution < 1.29 is 13.9 Å². The van der Waals surface area contributed by atoms with Crippen molar-refractivity contribution in [1.82, 2.24) is 10.2 Å². The molecule has 1 aromatic carbocycles. The first kappa shape index (κ1) is 15.4. The van der Waals surface area contributed by atoms with Crippen LogP contribution in [0.2, 0.25) is 0 Å². The first-order valence-electron chi connectivity index (χ1n) is 6.53. The lowest BCUT2D eigenvalue weighted by atomic mass is 10.3. The molecule has 0 aliphatic carbocycles. The molecular weight excluding hydrogens is 290 g/mol. The zero-order chi connectivity index (χ0) is 15.2. The molecule has 2 aromatic rings. The maximum absolute atomic E-state index is 12.0. The fraction of sp³-hybridized carbons (Fsp3) is 0.357. The second-order valence-corrected chi connectivity index (χ2v) is 5.51. The summed E-state index contributed by atoms with van der Waals surface area (Å²) in [7, 11) is 0. The van der Waals surface area contributed by atoms with E-state index in [9.17, 15) is 4.79 Å². The predicted octanol–water partition coefficient (Wildman–Crippen LogP) is 2.90. The standard InChI is InChI=1S/C14H17N3O3S/c1-9(2)19-12-7-5-4-6-11(12)15-13(18)8-21-14-17-16-10(3)20-14/h4-7,9H,8H2,1-3H3,(H,15,18). The average Bonchev–Trinajstić information content (AvgIpc) is 2.84. The molecule has 112 valence electrons. The molecule has 0 saturated carbocycles. The molecule has 0 bridgehead atoms. The maximum atomic E-state index is 12.0. The number of carbonyl (C=O) groups is 1. The number of thioether (sulfide) groups is 1. The van der Waals surface area contributed by atoms with Gasteiger partial charge in [0.15, 0.2) is 0 Å². The molecule has 1 aromatic heterocycles. The summed E-state index contributed by atoms with van der Waals surface area (Å²) in [5, 5.41) is 10.7. The largest absolute Gasteiger partial charge is 0.489 e. The summed E-state index contributed by atoms with van der Waals surface area (Å²) in [6, 6.07) is 7.34. The Morgan fingerprint density at radius 2 is 2.14 bits per heavy atom. The van der Waals surface area contributed by atoms with Crippen LogP contribution in [-0.4, -0.2) is 28.0 Å². The SMILES string of the molecule is Cc1nnc(SCC(=O)Nc2ccccc2OC(C)C)o1. The summed E-state index contributed by atoms with van der Waals surface area (Å²) < 4.78 is 10.8. The minimum Gasteiger partial charge on any atom is -0.489 e. The summed E-state index contributed by atoms with van der Waals surface area (Å²) in [6.45, 7) is 5.58. The molecule has 0 spiro atoms. The first-order chi connectivity index (χ1) is 10.0. The monoisotopic (exact) mass is 307 g/mol. The average molecular weight is 307 g/mol. The van der Waals surface area contributed by atoms with Crippen molar-refractivity contribution in [3.8, 4) is 5.75 Å². The Kier molecular flexibility index (Phi) is 5.21. The smallest absolute Gasteiger partial charge is 0.277 e. The fourth-order valence-electron chi connectivity index (χ4n) is 1.58. The van der Waals surface area contributed by atoms with Crippen LogP contribution in [-0.2, 0) is 4.79 Å². The first-order valence-corrected chi connectivity index (χ1v) is 7.51. The van der Waals surface area contributed by atoms with Crippen molar-refractivity contribution in [3.05, 3.63) is 30.2 Å². The van der Waals surface area contributed by atoms with E-state index < -0.39 is 0 Å². The molecule has 1 amide bonds. The van der Waals surface area contributed by atoms with Crippen LogP contribution in [0.25, 0.3) is 0 Å². The number of aromatic nitrogens is 2. The van der Waals surface area contributed by atoms with Crippen molar-refractivity contribution >= 4 is 23.4 Å². The topological polar surface area (TPSA) is 77.2 Å². The van der Waals surface area contributed by atoms with E-state index in [1.165, 1.54) is 11.8 Å². The summed E-state index contributed by atoms with van der Waals surface area (Å²) >= 11 is 1.20. The van der Waals surface area contributed by atoms with Crippen LogP contribution >= 0.6 is 11.8 Å². The summed E-state index contributed by atoms with van der Waals surface area (Å²) in [6.07, 6.45) is 0.0406. The van der Waals surface area contributed by atoms with Gasteiger partial charge in [-0.2, -0.15) is 0 Å².